The molecule has 0 N–H and O–H groups in total. The zero-order chi connectivity index (χ0) is 18.1. The Morgan fingerprint density at radius 3 is 2.81 bits per heavy atom. The van der Waals surface area contributed by atoms with Crippen LogP contribution in [0.1, 0.15) is 0 Å². The number of rotatable bonds is 5. The molecule has 1 aromatic carbocycles. The number of aromatic nitrogens is 5. The number of oxazole rings is 1. The summed E-state index contributed by atoms with van der Waals surface area (Å²) < 4.78 is 8.05. The molecule has 3 aromatic heterocycles. The van der Waals surface area contributed by atoms with Gasteiger partial charge in [-0.05, 0) is 12.1 Å². The predicted molar refractivity (Wildman–Crippen MR) is 106 cm³/mol. The van der Waals surface area contributed by atoms with E-state index in [1.165, 1.54) is 0 Å². The van der Waals surface area contributed by atoms with Gasteiger partial charge in [0.25, 0.3) is 5.22 Å². The predicted octanol–water partition coefficient (Wildman–Crippen LogP) is 4.26. The van der Waals surface area contributed by atoms with Gasteiger partial charge in [0.2, 0.25) is 0 Å². The molecule has 0 saturated carbocycles. The average Bonchev–Trinajstić information content (AvgIpc) is 3.43. The van der Waals surface area contributed by atoms with Crippen molar-refractivity contribution in [3.8, 4) is 22.7 Å². The monoisotopic (exact) mass is 393 g/mol. The molecule has 0 spiro atoms. The Morgan fingerprint density at radius 2 is 1.96 bits per heavy atom. The fraction of sp³-hybridized carbons (Fsp3) is 0.158. The molecule has 0 radical (unpaired) electrons. The van der Waals surface area contributed by atoms with Crippen molar-refractivity contribution < 1.29 is 4.42 Å². The molecule has 0 fully saturated rings. The number of benzene rings is 1. The van der Waals surface area contributed by atoms with Crippen LogP contribution in [0.4, 0.5) is 0 Å². The van der Waals surface area contributed by atoms with Crippen molar-refractivity contribution in [2.45, 2.75) is 22.2 Å². The van der Waals surface area contributed by atoms with Gasteiger partial charge in [0.1, 0.15) is 0 Å². The molecule has 4 aromatic rings. The van der Waals surface area contributed by atoms with Gasteiger partial charge in [-0.15, -0.1) is 10.2 Å². The Morgan fingerprint density at radius 1 is 1.07 bits per heavy atom. The molecule has 0 bridgehead atoms. The van der Waals surface area contributed by atoms with E-state index in [-0.39, 0.29) is 0 Å². The first-order valence-electron chi connectivity index (χ1n) is 8.51. The number of pyridine rings is 1. The maximum Gasteiger partial charge on any atom is 0.256 e. The Hall–Kier alpha value is -2.58. The van der Waals surface area contributed by atoms with Gasteiger partial charge in [0, 0.05) is 41.1 Å². The highest BCUT2D eigenvalue weighted by Crippen LogP contribution is 2.37. The number of hydrogen-bond acceptors (Lipinski definition) is 7. The first-order valence-corrected chi connectivity index (χ1v) is 10.4. The molecule has 1 atom stereocenters. The molecule has 6 nitrogen and oxygen atoms in total. The minimum absolute atomic E-state index is 0.406. The van der Waals surface area contributed by atoms with Crippen molar-refractivity contribution in [1.29, 1.82) is 0 Å². The molecule has 0 aliphatic carbocycles. The van der Waals surface area contributed by atoms with Crippen molar-refractivity contribution in [3.63, 3.8) is 0 Å². The number of thioether (sulfide) groups is 2. The summed E-state index contributed by atoms with van der Waals surface area (Å²) in [6.07, 6.45) is 5.37. The third-order valence-electron chi connectivity index (χ3n) is 4.23. The first kappa shape index (κ1) is 16.6. The molecule has 5 rings (SSSR count). The van der Waals surface area contributed by atoms with Crippen LogP contribution in [0.3, 0.4) is 0 Å². The SMILES string of the molecule is c1ccc(-c2cnc(SC[C@@H]3Cn4c(nnc4-c4cccnc4)S3)o2)cc1. The Bertz CT molecular complexity index is 1050. The molecule has 1 aliphatic rings. The highest BCUT2D eigenvalue weighted by molar-refractivity contribution is 8.03. The van der Waals surface area contributed by atoms with E-state index in [1.54, 1.807) is 35.9 Å². The largest absolute Gasteiger partial charge is 0.431 e. The van der Waals surface area contributed by atoms with E-state index in [2.05, 4.69) is 24.7 Å². The maximum atomic E-state index is 5.88. The zero-order valence-electron chi connectivity index (χ0n) is 14.2. The van der Waals surface area contributed by atoms with Crippen LogP contribution >= 0.6 is 23.5 Å². The smallest absolute Gasteiger partial charge is 0.256 e. The van der Waals surface area contributed by atoms with Crippen molar-refractivity contribution >= 4 is 23.5 Å². The van der Waals surface area contributed by atoms with E-state index in [4.69, 9.17) is 4.42 Å². The molecular weight excluding hydrogens is 378 g/mol. The van der Waals surface area contributed by atoms with Gasteiger partial charge >= 0.3 is 0 Å². The summed E-state index contributed by atoms with van der Waals surface area (Å²) in [5, 5.41) is 10.7. The van der Waals surface area contributed by atoms with Crippen LogP contribution in [0.2, 0.25) is 0 Å². The molecule has 4 heterocycles. The number of nitrogens with zero attached hydrogens (tertiary/aromatic N) is 5. The number of hydrogen-bond donors (Lipinski definition) is 0. The lowest BCUT2D eigenvalue weighted by atomic mass is 10.2. The molecule has 8 heteroatoms. The van der Waals surface area contributed by atoms with Crippen molar-refractivity contribution in [3.05, 3.63) is 61.1 Å². The Labute approximate surface area is 164 Å². The minimum atomic E-state index is 0.406. The second-order valence-corrected chi connectivity index (χ2v) is 8.30. The second kappa shape index (κ2) is 7.21. The van der Waals surface area contributed by atoms with E-state index >= 15 is 0 Å². The lowest BCUT2D eigenvalue weighted by molar-refractivity contribution is 0.466. The molecule has 27 heavy (non-hydrogen) atoms. The second-order valence-electron chi connectivity index (χ2n) is 6.07. The van der Waals surface area contributed by atoms with E-state index < -0.39 is 0 Å². The summed E-state index contributed by atoms with van der Waals surface area (Å²) in [6, 6.07) is 13.9. The molecule has 1 aliphatic heterocycles. The summed E-state index contributed by atoms with van der Waals surface area (Å²) >= 11 is 3.39. The summed E-state index contributed by atoms with van der Waals surface area (Å²) in [7, 11) is 0. The molecule has 0 unspecified atom stereocenters. The third-order valence-corrected chi connectivity index (χ3v) is 6.61. The quantitative estimate of drug-likeness (QED) is 0.469. The molecule has 134 valence electrons. The van der Waals surface area contributed by atoms with Crippen LogP contribution < -0.4 is 0 Å². The van der Waals surface area contributed by atoms with Crippen LogP contribution in [0.5, 0.6) is 0 Å². The van der Waals surface area contributed by atoms with Crippen LogP contribution in [-0.4, -0.2) is 35.7 Å². The van der Waals surface area contributed by atoms with E-state index in [1.807, 2.05) is 48.7 Å². The Kier molecular flexibility index (Phi) is 4.43. The van der Waals surface area contributed by atoms with E-state index in [0.717, 1.165) is 40.2 Å². The Balaban J connectivity index is 1.24. The topological polar surface area (TPSA) is 69.6 Å². The van der Waals surface area contributed by atoms with Gasteiger partial charge in [0.05, 0.1) is 6.20 Å². The van der Waals surface area contributed by atoms with Gasteiger partial charge in [0.15, 0.2) is 16.7 Å². The van der Waals surface area contributed by atoms with Crippen molar-refractivity contribution in [2.75, 3.05) is 5.75 Å². The highest BCUT2D eigenvalue weighted by atomic mass is 32.2. The summed E-state index contributed by atoms with van der Waals surface area (Å²) in [4.78, 5) is 8.58. The third kappa shape index (κ3) is 3.38. The van der Waals surface area contributed by atoms with Crippen LogP contribution in [0.15, 0.2) is 75.9 Å². The van der Waals surface area contributed by atoms with Crippen LogP contribution in [0, 0.1) is 0 Å². The maximum absolute atomic E-state index is 5.88. The lowest BCUT2D eigenvalue weighted by Gasteiger charge is -2.07. The normalized spacial score (nSPS) is 15.8. The molecular formula is C19H15N5OS2. The average molecular weight is 393 g/mol. The van der Waals surface area contributed by atoms with Gasteiger partial charge in [-0.1, -0.05) is 53.9 Å². The van der Waals surface area contributed by atoms with Crippen LogP contribution in [0.25, 0.3) is 22.7 Å². The zero-order valence-corrected chi connectivity index (χ0v) is 15.9. The standard InChI is InChI=1S/C19H15N5OS2/c1-2-5-13(6-3-1)16-10-21-19(25-16)26-12-15-11-24-17(22-23-18(24)27-15)14-7-4-8-20-9-14/h1-10,15H,11-12H2/t15-/m0/s1. The van der Waals surface area contributed by atoms with Crippen molar-refractivity contribution in [2.24, 2.45) is 0 Å². The highest BCUT2D eigenvalue weighted by Gasteiger charge is 2.28. The van der Waals surface area contributed by atoms with Gasteiger partial charge in [-0.25, -0.2) is 4.98 Å². The van der Waals surface area contributed by atoms with Crippen molar-refractivity contribution in [1.82, 2.24) is 24.7 Å². The van der Waals surface area contributed by atoms with Crippen LogP contribution in [-0.2, 0) is 6.54 Å². The first-order chi connectivity index (χ1) is 13.4. The van der Waals surface area contributed by atoms with Gasteiger partial charge in [-0.3, -0.25) is 4.98 Å². The molecule has 0 amide bonds. The minimum Gasteiger partial charge on any atom is -0.431 e. The lowest BCUT2D eigenvalue weighted by Crippen LogP contribution is -2.09. The van der Waals surface area contributed by atoms with Gasteiger partial charge < -0.3 is 8.98 Å². The van der Waals surface area contributed by atoms with E-state index in [9.17, 15) is 0 Å². The van der Waals surface area contributed by atoms with E-state index in [0.29, 0.717) is 10.5 Å². The summed E-state index contributed by atoms with van der Waals surface area (Å²) in [5.41, 5.74) is 2.03. The summed E-state index contributed by atoms with van der Waals surface area (Å²) in [5.74, 6) is 2.57. The fourth-order valence-electron chi connectivity index (χ4n) is 2.95. The number of fused-ring (bicyclic) bond motifs is 1. The molecule has 0 saturated heterocycles. The fourth-order valence-corrected chi connectivity index (χ4v) is 5.03. The van der Waals surface area contributed by atoms with Gasteiger partial charge in [-0.2, -0.15) is 0 Å². The summed E-state index contributed by atoms with van der Waals surface area (Å²) in [6.45, 7) is 0.872.